The molecule has 3 heterocycles. The van der Waals surface area contributed by atoms with Crippen LogP contribution in [0.3, 0.4) is 0 Å². The number of hydrogen-bond donors (Lipinski definition) is 1. The molecule has 0 aliphatic heterocycles. The van der Waals surface area contributed by atoms with Crippen molar-refractivity contribution in [2.75, 3.05) is 13.2 Å². The van der Waals surface area contributed by atoms with Crippen LogP contribution in [0.5, 0.6) is 0 Å². The molecule has 0 aliphatic rings. The minimum atomic E-state index is -0.407. The first kappa shape index (κ1) is 42.3. The van der Waals surface area contributed by atoms with Crippen LogP contribution in [-0.2, 0) is 80.5 Å². The zero-order valence-corrected chi connectivity index (χ0v) is 34.1. The van der Waals surface area contributed by atoms with Gasteiger partial charge in [0.1, 0.15) is 24.6 Å². The maximum Gasteiger partial charge on any atom is 0.355 e. The summed E-state index contributed by atoms with van der Waals surface area (Å²) in [5, 5.41) is 0. The number of carbonyl (C=O) groups excluding carboxylic acids is 4. The third-order valence-electron chi connectivity index (χ3n) is 10.0. The highest BCUT2D eigenvalue weighted by atomic mass is 16.5. The minimum Gasteiger partial charge on any atom is -0.466 e. The lowest BCUT2D eigenvalue weighted by atomic mass is 10.00. The van der Waals surface area contributed by atoms with E-state index in [-0.39, 0.29) is 38.4 Å². The van der Waals surface area contributed by atoms with Crippen LogP contribution in [0.25, 0.3) is 0 Å². The van der Waals surface area contributed by atoms with Crippen molar-refractivity contribution in [3.8, 4) is 0 Å². The Morgan fingerprint density at radius 3 is 1.32 bits per heavy atom. The Hall–Kier alpha value is -5.84. The molecule has 0 fully saturated rings. The molecule has 0 amide bonds. The van der Waals surface area contributed by atoms with E-state index in [0.717, 1.165) is 57.9 Å². The van der Waals surface area contributed by atoms with Gasteiger partial charge in [-0.1, -0.05) is 74.5 Å². The summed E-state index contributed by atoms with van der Waals surface area (Å²) in [6, 6.07) is 23.3. The highest BCUT2D eigenvalue weighted by Crippen LogP contribution is 2.29. The second-order valence-corrected chi connectivity index (χ2v) is 14.2. The van der Waals surface area contributed by atoms with Crippen molar-refractivity contribution < 1.29 is 38.1 Å². The number of nitrogens with one attached hydrogen (secondary N) is 1. The largest absolute Gasteiger partial charge is 0.466 e. The molecule has 0 radical (unpaired) electrons. The molecule has 0 saturated heterocycles. The van der Waals surface area contributed by atoms with Crippen LogP contribution in [0.4, 0.5) is 0 Å². The first-order valence-corrected chi connectivity index (χ1v) is 19.8. The molecule has 0 saturated carbocycles. The topological polar surface area (TPSA) is 131 Å². The molecule has 0 unspecified atom stereocenters. The van der Waals surface area contributed by atoms with Gasteiger partial charge in [-0.3, -0.25) is 9.59 Å². The van der Waals surface area contributed by atoms with Crippen molar-refractivity contribution in [3.05, 3.63) is 140 Å². The average Bonchev–Trinajstić information content (AvgIpc) is 3.81. The number of aryl methyl sites for hydroxylation is 2. The number of esters is 4. The molecule has 302 valence electrons. The predicted molar refractivity (Wildman–Crippen MR) is 217 cm³/mol. The molecule has 0 aliphatic carbocycles. The smallest absolute Gasteiger partial charge is 0.355 e. The van der Waals surface area contributed by atoms with E-state index in [1.165, 1.54) is 25.0 Å². The maximum atomic E-state index is 13.7. The first-order chi connectivity index (χ1) is 27.5. The Kier molecular flexibility index (Phi) is 15.1. The van der Waals surface area contributed by atoms with Crippen LogP contribution in [-0.4, -0.2) is 51.2 Å². The Morgan fingerprint density at radius 2 is 0.965 bits per heavy atom. The van der Waals surface area contributed by atoms with Gasteiger partial charge < -0.3 is 33.1 Å². The molecular weight excluding hydrogens is 723 g/mol. The number of benzene rings is 2. The van der Waals surface area contributed by atoms with Crippen LogP contribution in [0.15, 0.2) is 72.8 Å². The highest BCUT2D eigenvalue weighted by Gasteiger charge is 2.25. The summed E-state index contributed by atoms with van der Waals surface area (Å²) in [5.74, 6) is -1.51. The molecule has 0 bridgehead atoms. The normalized spacial score (nSPS) is 11.1. The van der Waals surface area contributed by atoms with Gasteiger partial charge in [0.2, 0.25) is 0 Å². The van der Waals surface area contributed by atoms with Gasteiger partial charge in [-0.15, -0.1) is 0 Å². The fourth-order valence-electron chi connectivity index (χ4n) is 7.53. The third-order valence-corrected chi connectivity index (χ3v) is 10.0. The van der Waals surface area contributed by atoms with E-state index in [0.29, 0.717) is 50.2 Å². The van der Waals surface area contributed by atoms with Crippen LogP contribution < -0.4 is 0 Å². The van der Waals surface area contributed by atoms with Gasteiger partial charge in [0.15, 0.2) is 0 Å². The quantitative estimate of drug-likeness (QED) is 0.0476. The van der Waals surface area contributed by atoms with Crippen LogP contribution >= 0.6 is 0 Å². The Bertz CT molecular complexity index is 1990. The third kappa shape index (κ3) is 11.1. The van der Waals surface area contributed by atoms with E-state index < -0.39 is 11.9 Å². The fraction of sp³-hybridized carbons (Fsp3) is 0.391. The number of carbonyl (C=O) groups is 4. The van der Waals surface area contributed by atoms with Gasteiger partial charge in [0.25, 0.3) is 0 Å². The van der Waals surface area contributed by atoms with E-state index >= 15 is 0 Å². The number of nitrogens with zero attached hydrogens (tertiary/aromatic N) is 2. The van der Waals surface area contributed by atoms with Crippen molar-refractivity contribution in [3.63, 3.8) is 0 Å². The number of hydrogen-bond acceptors (Lipinski definition) is 8. The lowest BCUT2D eigenvalue weighted by Crippen LogP contribution is -2.17. The van der Waals surface area contributed by atoms with E-state index in [2.05, 4.69) is 18.8 Å². The zero-order valence-electron chi connectivity index (χ0n) is 34.1. The van der Waals surface area contributed by atoms with E-state index in [1.807, 2.05) is 95.8 Å². The molecular formula is C46H55N3O8. The van der Waals surface area contributed by atoms with Gasteiger partial charge in [0, 0.05) is 62.6 Å². The van der Waals surface area contributed by atoms with Gasteiger partial charge in [-0.25, -0.2) is 9.59 Å². The summed E-state index contributed by atoms with van der Waals surface area (Å²) in [7, 11) is 0. The van der Waals surface area contributed by atoms with E-state index in [1.54, 1.807) is 0 Å². The second kappa shape index (κ2) is 20.4. The minimum absolute atomic E-state index is 0.157. The Labute approximate surface area is 335 Å². The SMILES string of the molecule is CCc1c(Cc2cc(C)c(C(=O)OCc3ccccc3)n2CCCOC(C)=O)[nH]c(Cc2cc(C)c(C(=O)OCc3ccccc3)n2CCCOC(C)=O)c1CC. The standard InChI is InChI=1S/C46H55N3O8/c1-7-39-40(8-2)42(28-38-26-32(4)44(49(38)22-16-24-55-34(6)51)46(53)57-30-36-19-13-10-14-20-36)47-41(39)27-37-25-31(3)43(48(37)21-15-23-54-33(5)50)45(52)56-29-35-17-11-9-12-18-35/h9-14,17-20,25-26,47H,7-8,15-16,21-24,27-30H2,1-6H3. The molecule has 57 heavy (non-hydrogen) atoms. The summed E-state index contributed by atoms with van der Waals surface area (Å²) >= 11 is 0. The predicted octanol–water partition coefficient (Wildman–Crippen LogP) is 8.16. The summed E-state index contributed by atoms with van der Waals surface area (Å²) in [4.78, 5) is 54.1. The second-order valence-electron chi connectivity index (χ2n) is 14.2. The van der Waals surface area contributed by atoms with Gasteiger partial charge >= 0.3 is 23.9 Å². The molecule has 0 spiro atoms. The highest BCUT2D eigenvalue weighted by molar-refractivity contribution is 5.90. The van der Waals surface area contributed by atoms with Crippen molar-refractivity contribution >= 4 is 23.9 Å². The average molecular weight is 778 g/mol. The van der Waals surface area contributed by atoms with Crippen molar-refractivity contribution in [1.29, 1.82) is 0 Å². The number of aromatic nitrogens is 3. The van der Waals surface area contributed by atoms with Crippen molar-refractivity contribution in [2.24, 2.45) is 0 Å². The lowest BCUT2D eigenvalue weighted by Gasteiger charge is -2.14. The molecule has 5 rings (SSSR count). The Balaban J connectivity index is 1.46. The molecule has 11 nitrogen and oxygen atoms in total. The number of ether oxygens (including phenoxy) is 4. The fourth-order valence-corrected chi connectivity index (χ4v) is 7.53. The molecule has 2 aromatic carbocycles. The van der Waals surface area contributed by atoms with Crippen LogP contribution in [0, 0.1) is 13.8 Å². The first-order valence-electron chi connectivity index (χ1n) is 19.8. The summed E-state index contributed by atoms with van der Waals surface area (Å²) < 4.78 is 26.1. The zero-order chi connectivity index (χ0) is 40.9. The molecule has 5 aromatic rings. The maximum absolute atomic E-state index is 13.7. The monoisotopic (exact) mass is 777 g/mol. The number of aromatic amines is 1. The van der Waals surface area contributed by atoms with E-state index in [4.69, 9.17) is 18.9 Å². The molecule has 0 atom stereocenters. The van der Waals surface area contributed by atoms with Crippen LogP contribution in [0.2, 0.25) is 0 Å². The summed E-state index contributed by atoms with van der Waals surface area (Å²) in [6.07, 6.45) is 3.73. The number of rotatable bonds is 20. The summed E-state index contributed by atoms with van der Waals surface area (Å²) in [6.45, 7) is 12.6. The van der Waals surface area contributed by atoms with Gasteiger partial charge in [0.05, 0.1) is 13.2 Å². The van der Waals surface area contributed by atoms with Crippen molar-refractivity contribution in [1.82, 2.24) is 14.1 Å². The number of H-pyrrole nitrogens is 1. The van der Waals surface area contributed by atoms with Gasteiger partial charge in [-0.05, 0) is 85.0 Å². The van der Waals surface area contributed by atoms with Crippen LogP contribution in [0.1, 0.15) is 118 Å². The molecule has 3 aromatic heterocycles. The van der Waals surface area contributed by atoms with Gasteiger partial charge in [-0.2, -0.15) is 0 Å². The molecule has 1 N–H and O–H groups in total. The molecule has 11 heteroatoms. The summed E-state index contributed by atoms with van der Waals surface area (Å²) in [5.41, 5.74) is 10.8. The Morgan fingerprint density at radius 1 is 0.579 bits per heavy atom. The van der Waals surface area contributed by atoms with Crippen molar-refractivity contribution in [2.45, 2.75) is 106 Å². The van der Waals surface area contributed by atoms with E-state index in [9.17, 15) is 19.2 Å². The lowest BCUT2D eigenvalue weighted by molar-refractivity contribution is -0.142.